The Balaban J connectivity index is 2.21. The highest BCUT2D eigenvalue weighted by Crippen LogP contribution is 2.28. The highest BCUT2D eigenvalue weighted by atomic mass is 35.5. The Kier molecular flexibility index (Phi) is 8.00. The molecule has 0 aliphatic carbocycles. The molecule has 0 spiro atoms. The third kappa shape index (κ3) is 6.45. The van der Waals surface area contributed by atoms with E-state index in [1.807, 2.05) is 39.8 Å². The molecule has 1 aromatic rings. The van der Waals surface area contributed by atoms with Crippen LogP contribution in [0.1, 0.15) is 66.5 Å². The van der Waals surface area contributed by atoms with Crippen molar-refractivity contribution in [3.05, 3.63) is 34.9 Å². The van der Waals surface area contributed by atoms with Crippen LogP contribution in [0, 0.1) is 10.8 Å². The van der Waals surface area contributed by atoms with Crippen molar-refractivity contribution >= 4 is 29.3 Å². The van der Waals surface area contributed by atoms with Gasteiger partial charge in [-0.05, 0) is 30.0 Å². The summed E-state index contributed by atoms with van der Waals surface area (Å²) in [7, 11) is 0. The fraction of sp³-hybridized carbons (Fsp3) is 0.625. The Morgan fingerprint density at radius 1 is 1.06 bits per heavy atom. The van der Waals surface area contributed by atoms with E-state index in [0.717, 1.165) is 5.56 Å². The normalized spacial score (nSPS) is 21.1. The monoisotopic (exact) mass is 465 g/mol. The number of hydrogen-bond acceptors (Lipinski definition) is 4. The number of nitrogens with zero attached hydrogens (tertiary/aromatic N) is 1. The van der Waals surface area contributed by atoms with Crippen LogP contribution in [0.4, 0.5) is 0 Å². The van der Waals surface area contributed by atoms with Gasteiger partial charge < -0.3 is 20.6 Å². The molecule has 0 bridgehead atoms. The van der Waals surface area contributed by atoms with Gasteiger partial charge in [0.1, 0.15) is 12.1 Å². The molecule has 8 heteroatoms. The molecule has 3 N–H and O–H groups in total. The molecule has 7 nitrogen and oxygen atoms in total. The summed E-state index contributed by atoms with van der Waals surface area (Å²) in [5.74, 6) is -0.957. The van der Waals surface area contributed by atoms with Crippen molar-refractivity contribution in [2.45, 2.75) is 79.1 Å². The van der Waals surface area contributed by atoms with E-state index in [4.69, 9.17) is 11.6 Å². The molecule has 0 aromatic heterocycles. The number of rotatable bonds is 5. The number of aliphatic hydroxyl groups excluding tert-OH is 1. The van der Waals surface area contributed by atoms with E-state index in [-0.39, 0.29) is 36.7 Å². The van der Waals surface area contributed by atoms with Gasteiger partial charge in [0.05, 0.1) is 12.1 Å². The van der Waals surface area contributed by atoms with Crippen LogP contribution in [0.2, 0.25) is 5.02 Å². The van der Waals surface area contributed by atoms with E-state index in [2.05, 4.69) is 10.6 Å². The quantitative estimate of drug-likeness (QED) is 0.622. The lowest BCUT2D eigenvalue weighted by atomic mass is 9.84. The van der Waals surface area contributed by atoms with Gasteiger partial charge in [-0.25, -0.2) is 0 Å². The molecule has 1 saturated heterocycles. The fourth-order valence-corrected chi connectivity index (χ4v) is 3.74. The van der Waals surface area contributed by atoms with Crippen LogP contribution in [-0.4, -0.2) is 52.5 Å². The van der Waals surface area contributed by atoms with Gasteiger partial charge in [-0.3, -0.25) is 14.4 Å². The smallest absolute Gasteiger partial charge is 0.246 e. The Labute approximate surface area is 195 Å². The van der Waals surface area contributed by atoms with Gasteiger partial charge in [0, 0.05) is 23.4 Å². The predicted molar refractivity (Wildman–Crippen MR) is 125 cm³/mol. The van der Waals surface area contributed by atoms with Crippen LogP contribution in [0.3, 0.4) is 0 Å². The largest absolute Gasteiger partial charge is 0.391 e. The number of carbonyl (C=O) groups is 3. The molecule has 2 rings (SSSR count). The first-order valence-corrected chi connectivity index (χ1v) is 11.3. The highest BCUT2D eigenvalue weighted by Gasteiger charge is 2.45. The van der Waals surface area contributed by atoms with Crippen molar-refractivity contribution in [1.29, 1.82) is 0 Å². The summed E-state index contributed by atoms with van der Waals surface area (Å²) in [6, 6.07) is 5.22. The summed E-state index contributed by atoms with van der Waals surface area (Å²) >= 11 is 5.94. The number of amides is 3. The molecule has 178 valence electrons. The maximum Gasteiger partial charge on any atom is 0.246 e. The minimum absolute atomic E-state index is 0.0458. The standard InChI is InChI=1S/C24H36ClN3O4/c1-14(15-8-10-16(25)11-9-15)26-20(30)18-12-17(29)13-28(18)21(31)19(23(2,3)4)27-22(32)24(5,6)7/h8-11,14,17-19,29H,12-13H2,1-7H3,(H,26,30)(H,27,32). The zero-order valence-corrected chi connectivity index (χ0v) is 20.8. The third-order valence-corrected chi connectivity index (χ3v) is 5.92. The van der Waals surface area contributed by atoms with E-state index in [0.29, 0.717) is 5.02 Å². The van der Waals surface area contributed by atoms with Gasteiger partial charge in [-0.1, -0.05) is 65.3 Å². The summed E-state index contributed by atoms with van der Waals surface area (Å²) < 4.78 is 0. The summed E-state index contributed by atoms with van der Waals surface area (Å²) in [6.45, 7) is 12.8. The van der Waals surface area contributed by atoms with Crippen LogP contribution >= 0.6 is 11.6 Å². The molecular formula is C24H36ClN3O4. The number of likely N-dealkylation sites (tertiary alicyclic amines) is 1. The molecule has 0 radical (unpaired) electrons. The number of benzene rings is 1. The van der Waals surface area contributed by atoms with Crippen LogP contribution < -0.4 is 10.6 Å². The van der Waals surface area contributed by atoms with Crippen molar-refractivity contribution in [3.63, 3.8) is 0 Å². The van der Waals surface area contributed by atoms with Gasteiger partial charge in [-0.15, -0.1) is 0 Å². The lowest BCUT2D eigenvalue weighted by Crippen LogP contribution is -2.59. The summed E-state index contributed by atoms with van der Waals surface area (Å²) in [5, 5.41) is 16.7. The molecule has 0 saturated carbocycles. The topological polar surface area (TPSA) is 98.7 Å². The Morgan fingerprint density at radius 2 is 1.62 bits per heavy atom. The van der Waals surface area contributed by atoms with Crippen LogP contribution in [0.25, 0.3) is 0 Å². The first-order chi connectivity index (χ1) is 14.6. The number of β-amino-alcohol motifs (C(OH)–C–C–N with tert-alkyl or cyclic N) is 1. The number of hydrogen-bond donors (Lipinski definition) is 3. The highest BCUT2D eigenvalue weighted by molar-refractivity contribution is 6.30. The molecule has 1 fully saturated rings. The molecule has 4 atom stereocenters. The van der Waals surface area contributed by atoms with Crippen molar-refractivity contribution in [3.8, 4) is 0 Å². The zero-order valence-electron chi connectivity index (χ0n) is 20.0. The summed E-state index contributed by atoms with van der Waals surface area (Å²) in [4.78, 5) is 40.6. The molecule has 1 heterocycles. The van der Waals surface area contributed by atoms with E-state index in [1.165, 1.54) is 4.90 Å². The Bertz CT molecular complexity index is 842. The minimum Gasteiger partial charge on any atom is -0.391 e. The zero-order chi connectivity index (χ0) is 24.4. The Morgan fingerprint density at radius 3 is 2.12 bits per heavy atom. The van der Waals surface area contributed by atoms with Crippen molar-refractivity contribution in [2.75, 3.05) is 6.54 Å². The molecular weight excluding hydrogens is 430 g/mol. The van der Waals surface area contributed by atoms with E-state index < -0.39 is 29.0 Å². The van der Waals surface area contributed by atoms with E-state index in [9.17, 15) is 19.5 Å². The number of aliphatic hydroxyl groups is 1. The maximum absolute atomic E-state index is 13.5. The maximum atomic E-state index is 13.5. The molecule has 1 aliphatic rings. The van der Waals surface area contributed by atoms with Crippen molar-refractivity contribution < 1.29 is 19.5 Å². The lowest BCUT2D eigenvalue weighted by Gasteiger charge is -2.36. The average Bonchev–Trinajstić information content (AvgIpc) is 3.06. The molecule has 1 aromatic carbocycles. The second-order valence-electron chi connectivity index (χ2n) is 10.7. The minimum atomic E-state index is -0.830. The predicted octanol–water partition coefficient (Wildman–Crippen LogP) is 3.06. The third-order valence-electron chi connectivity index (χ3n) is 5.66. The summed E-state index contributed by atoms with van der Waals surface area (Å²) in [5.41, 5.74) is -0.369. The van der Waals surface area contributed by atoms with Crippen molar-refractivity contribution in [1.82, 2.24) is 15.5 Å². The Hall–Kier alpha value is -2.12. The number of carbonyl (C=O) groups excluding carboxylic acids is 3. The van der Waals surface area contributed by atoms with Gasteiger partial charge in [0.25, 0.3) is 0 Å². The second-order valence-corrected chi connectivity index (χ2v) is 11.1. The SMILES string of the molecule is CC(NC(=O)C1CC(O)CN1C(=O)C(NC(=O)C(C)(C)C)C(C)(C)C)c1ccc(Cl)cc1. The molecule has 32 heavy (non-hydrogen) atoms. The first kappa shape index (κ1) is 26.1. The van der Waals surface area contributed by atoms with Crippen molar-refractivity contribution in [2.24, 2.45) is 10.8 Å². The van der Waals surface area contributed by atoms with Gasteiger partial charge in [0.15, 0.2) is 0 Å². The van der Waals surface area contributed by atoms with Gasteiger partial charge in [0.2, 0.25) is 17.7 Å². The average molecular weight is 466 g/mol. The van der Waals surface area contributed by atoms with Crippen LogP contribution in [0.15, 0.2) is 24.3 Å². The van der Waals surface area contributed by atoms with Gasteiger partial charge in [-0.2, -0.15) is 0 Å². The first-order valence-electron chi connectivity index (χ1n) is 11.0. The number of nitrogens with one attached hydrogen (secondary N) is 2. The second kappa shape index (κ2) is 9.79. The van der Waals surface area contributed by atoms with E-state index in [1.54, 1.807) is 32.9 Å². The molecule has 3 amide bonds. The van der Waals surface area contributed by atoms with E-state index >= 15 is 0 Å². The van der Waals surface area contributed by atoms with Crippen LogP contribution in [0.5, 0.6) is 0 Å². The lowest BCUT2D eigenvalue weighted by molar-refractivity contribution is -0.145. The van der Waals surface area contributed by atoms with Crippen LogP contribution in [-0.2, 0) is 14.4 Å². The summed E-state index contributed by atoms with van der Waals surface area (Å²) in [6.07, 6.45) is -0.658. The number of halogens is 1. The molecule has 4 unspecified atom stereocenters. The van der Waals surface area contributed by atoms with Gasteiger partial charge >= 0.3 is 0 Å². The molecule has 1 aliphatic heterocycles. The fourth-order valence-electron chi connectivity index (χ4n) is 3.61.